The van der Waals surface area contributed by atoms with Gasteiger partial charge in [0.15, 0.2) is 6.61 Å². The molecule has 1 aromatic carbocycles. The van der Waals surface area contributed by atoms with Gasteiger partial charge in [0.25, 0.3) is 5.91 Å². The average molecular weight is 278 g/mol. The van der Waals surface area contributed by atoms with Crippen LogP contribution >= 0.6 is 0 Å². The maximum Gasteiger partial charge on any atom is 0.307 e. The fraction of sp³-hybridized carbons (Fsp3) is 0.429. The number of hydrogen-bond acceptors (Lipinski definition) is 5. The third kappa shape index (κ3) is 3.96. The molecule has 1 heterocycles. The molecule has 20 heavy (non-hydrogen) atoms. The number of nitrogens with one attached hydrogen (secondary N) is 2. The first-order chi connectivity index (χ1) is 9.69. The van der Waals surface area contributed by atoms with Crippen LogP contribution in [-0.4, -0.2) is 31.6 Å². The molecule has 1 aliphatic rings. The molecular formula is C14H18N2O4. The summed E-state index contributed by atoms with van der Waals surface area (Å²) in [5, 5.41) is 5.91. The van der Waals surface area contributed by atoms with Crippen molar-refractivity contribution in [3.8, 4) is 5.75 Å². The predicted molar refractivity (Wildman–Crippen MR) is 73.5 cm³/mol. The van der Waals surface area contributed by atoms with Crippen molar-refractivity contribution >= 4 is 17.6 Å². The van der Waals surface area contributed by atoms with E-state index in [9.17, 15) is 9.59 Å². The molecular weight excluding hydrogens is 260 g/mol. The van der Waals surface area contributed by atoms with E-state index < -0.39 is 0 Å². The van der Waals surface area contributed by atoms with Crippen LogP contribution in [0.25, 0.3) is 0 Å². The molecule has 0 saturated carbocycles. The molecule has 0 bridgehead atoms. The Hall–Kier alpha value is -2.08. The van der Waals surface area contributed by atoms with Gasteiger partial charge in [-0.25, -0.2) is 0 Å². The van der Waals surface area contributed by atoms with Gasteiger partial charge in [0, 0.05) is 13.1 Å². The summed E-state index contributed by atoms with van der Waals surface area (Å²) in [5.41, 5.74) is 1.70. The Morgan fingerprint density at radius 3 is 3.15 bits per heavy atom. The Morgan fingerprint density at radius 1 is 1.50 bits per heavy atom. The summed E-state index contributed by atoms with van der Waals surface area (Å²) in [6.07, 6.45) is 0.346. The summed E-state index contributed by atoms with van der Waals surface area (Å²) in [6.45, 7) is 3.42. The summed E-state index contributed by atoms with van der Waals surface area (Å²) in [6, 6.07) is 5.62. The van der Waals surface area contributed by atoms with E-state index in [1.54, 1.807) is 6.92 Å². The fourth-order valence-electron chi connectivity index (χ4n) is 1.90. The van der Waals surface area contributed by atoms with Crippen molar-refractivity contribution in [2.45, 2.75) is 19.9 Å². The molecule has 2 rings (SSSR count). The largest absolute Gasteiger partial charge is 0.482 e. The van der Waals surface area contributed by atoms with Crippen molar-refractivity contribution in [2.75, 3.05) is 25.1 Å². The van der Waals surface area contributed by atoms with Crippen LogP contribution in [0.15, 0.2) is 18.2 Å². The molecule has 0 aromatic heterocycles. The van der Waals surface area contributed by atoms with E-state index in [1.165, 1.54) is 0 Å². The zero-order valence-corrected chi connectivity index (χ0v) is 11.4. The number of fused-ring (bicyclic) bond motifs is 1. The van der Waals surface area contributed by atoms with Crippen LogP contribution in [0.3, 0.4) is 0 Å². The van der Waals surface area contributed by atoms with Crippen LogP contribution in [-0.2, 0) is 20.9 Å². The molecule has 0 fully saturated rings. The smallest absolute Gasteiger partial charge is 0.307 e. The Kier molecular flexibility index (Phi) is 4.95. The third-order valence-electron chi connectivity index (χ3n) is 2.82. The Labute approximate surface area is 117 Å². The lowest BCUT2D eigenvalue weighted by Gasteiger charge is -2.18. The van der Waals surface area contributed by atoms with E-state index in [0.717, 1.165) is 5.56 Å². The summed E-state index contributed by atoms with van der Waals surface area (Å²) >= 11 is 0. The fourth-order valence-corrected chi connectivity index (χ4v) is 1.90. The Bertz CT molecular complexity index is 502. The van der Waals surface area contributed by atoms with Gasteiger partial charge in [-0.1, -0.05) is 6.07 Å². The maximum absolute atomic E-state index is 11.2. The third-order valence-corrected chi connectivity index (χ3v) is 2.82. The lowest BCUT2D eigenvalue weighted by molar-refractivity contribution is -0.143. The normalized spacial score (nSPS) is 13.2. The van der Waals surface area contributed by atoms with E-state index in [-0.39, 0.29) is 18.5 Å². The first-order valence-electron chi connectivity index (χ1n) is 6.61. The van der Waals surface area contributed by atoms with Crippen LogP contribution in [0, 0.1) is 0 Å². The summed E-state index contributed by atoms with van der Waals surface area (Å²) in [5.74, 6) is 0.330. The minimum atomic E-state index is -0.203. The number of anilines is 1. The quantitative estimate of drug-likeness (QED) is 0.601. The number of esters is 1. The highest BCUT2D eigenvalue weighted by Crippen LogP contribution is 2.28. The molecule has 2 N–H and O–H groups in total. The van der Waals surface area contributed by atoms with Crippen LogP contribution in [0.2, 0.25) is 0 Å². The molecule has 108 valence electrons. The SMILES string of the molecule is CCOC(=O)CCNCc1ccc2c(c1)NC(=O)CO2. The number of amides is 1. The van der Waals surface area contributed by atoms with Gasteiger partial charge in [-0.15, -0.1) is 0 Å². The van der Waals surface area contributed by atoms with Gasteiger partial charge in [-0.3, -0.25) is 9.59 Å². The monoisotopic (exact) mass is 278 g/mol. The Balaban J connectivity index is 1.80. The zero-order valence-electron chi connectivity index (χ0n) is 11.4. The van der Waals surface area contributed by atoms with Gasteiger partial charge in [0.2, 0.25) is 0 Å². The molecule has 0 atom stereocenters. The van der Waals surface area contributed by atoms with E-state index in [0.29, 0.717) is 37.6 Å². The molecule has 1 aliphatic heterocycles. The highest BCUT2D eigenvalue weighted by atomic mass is 16.5. The second kappa shape index (κ2) is 6.91. The number of hydrogen-bond donors (Lipinski definition) is 2. The first kappa shape index (κ1) is 14.3. The second-order valence-electron chi connectivity index (χ2n) is 4.40. The van der Waals surface area contributed by atoms with Crippen LogP contribution in [0.4, 0.5) is 5.69 Å². The first-order valence-corrected chi connectivity index (χ1v) is 6.61. The molecule has 0 radical (unpaired) electrons. The zero-order chi connectivity index (χ0) is 14.4. The van der Waals surface area contributed by atoms with Crippen molar-refractivity contribution in [1.29, 1.82) is 0 Å². The van der Waals surface area contributed by atoms with Crippen molar-refractivity contribution in [2.24, 2.45) is 0 Å². The molecule has 0 aliphatic carbocycles. The van der Waals surface area contributed by atoms with Crippen LogP contribution in [0.1, 0.15) is 18.9 Å². The van der Waals surface area contributed by atoms with Crippen LogP contribution in [0.5, 0.6) is 5.75 Å². The molecule has 1 amide bonds. The van der Waals surface area contributed by atoms with Crippen molar-refractivity contribution in [1.82, 2.24) is 5.32 Å². The Morgan fingerprint density at radius 2 is 2.35 bits per heavy atom. The van der Waals surface area contributed by atoms with Gasteiger partial charge in [0.05, 0.1) is 18.7 Å². The van der Waals surface area contributed by atoms with Gasteiger partial charge >= 0.3 is 5.97 Å². The summed E-state index contributed by atoms with van der Waals surface area (Å²) in [7, 11) is 0. The molecule has 6 heteroatoms. The molecule has 6 nitrogen and oxygen atoms in total. The molecule has 0 spiro atoms. The minimum absolute atomic E-state index is 0.0597. The molecule has 0 saturated heterocycles. The average Bonchev–Trinajstić information content (AvgIpc) is 2.43. The van der Waals surface area contributed by atoms with Crippen LogP contribution < -0.4 is 15.4 Å². The van der Waals surface area contributed by atoms with Crippen molar-refractivity contribution < 1.29 is 19.1 Å². The summed E-state index contributed by atoms with van der Waals surface area (Å²) in [4.78, 5) is 22.4. The minimum Gasteiger partial charge on any atom is -0.482 e. The highest BCUT2D eigenvalue weighted by molar-refractivity contribution is 5.95. The number of rotatable bonds is 6. The van der Waals surface area contributed by atoms with Crippen molar-refractivity contribution in [3.63, 3.8) is 0 Å². The summed E-state index contributed by atoms with van der Waals surface area (Å²) < 4.78 is 10.1. The lowest BCUT2D eigenvalue weighted by atomic mass is 10.1. The van der Waals surface area contributed by atoms with E-state index in [2.05, 4.69) is 10.6 Å². The van der Waals surface area contributed by atoms with E-state index in [4.69, 9.17) is 9.47 Å². The van der Waals surface area contributed by atoms with Gasteiger partial charge in [-0.05, 0) is 24.6 Å². The lowest BCUT2D eigenvalue weighted by Crippen LogP contribution is -2.25. The van der Waals surface area contributed by atoms with E-state index >= 15 is 0 Å². The molecule has 1 aromatic rings. The second-order valence-corrected chi connectivity index (χ2v) is 4.40. The number of carbonyl (C=O) groups is 2. The number of ether oxygens (including phenoxy) is 2. The number of benzene rings is 1. The van der Waals surface area contributed by atoms with Gasteiger partial charge in [0.1, 0.15) is 5.75 Å². The van der Waals surface area contributed by atoms with Gasteiger partial charge < -0.3 is 20.1 Å². The standard InChI is InChI=1S/C14H18N2O4/c1-2-19-14(18)5-6-15-8-10-3-4-12-11(7-10)16-13(17)9-20-12/h3-4,7,15H,2,5-6,8-9H2,1H3,(H,16,17). The maximum atomic E-state index is 11.2. The predicted octanol–water partition coefficient (Wildman–Crippen LogP) is 1.06. The van der Waals surface area contributed by atoms with Gasteiger partial charge in [-0.2, -0.15) is 0 Å². The van der Waals surface area contributed by atoms with Crippen molar-refractivity contribution in [3.05, 3.63) is 23.8 Å². The highest BCUT2D eigenvalue weighted by Gasteiger charge is 2.15. The number of carbonyl (C=O) groups excluding carboxylic acids is 2. The molecule has 0 unspecified atom stereocenters. The topological polar surface area (TPSA) is 76.7 Å². The van der Waals surface area contributed by atoms with E-state index in [1.807, 2.05) is 18.2 Å².